The molecule has 0 spiro atoms. The summed E-state index contributed by atoms with van der Waals surface area (Å²) in [4.78, 5) is 13.4. The molecule has 1 amide bonds. The fourth-order valence-corrected chi connectivity index (χ4v) is 13.0. The number of ether oxygens (including phenoxy) is 6. The van der Waals surface area contributed by atoms with Gasteiger partial charge in [0.25, 0.3) is 0 Å². The maximum absolute atomic E-state index is 13.4. The minimum Gasteiger partial charge on any atom is -0.394 e. The summed E-state index contributed by atoms with van der Waals surface area (Å²) in [5, 5.41) is 121. The average molecular weight is 1280 g/mol. The van der Waals surface area contributed by atoms with Gasteiger partial charge in [-0.1, -0.05) is 290 Å². The van der Waals surface area contributed by atoms with Gasteiger partial charge in [0, 0.05) is 6.42 Å². The molecule has 89 heavy (non-hydrogen) atoms. The first-order chi connectivity index (χ1) is 43.3. The highest BCUT2D eigenvalue weighted by molar-refractivity contribution is 5.76. The average Bonchev–Trinajstić information content (AvgIpc) is 3.46. The zero-order valence-corrected chi connectivity index (χ0v) is 55.9. The van der Waals surface area contributed by atoms with Crippen molar-refractivity contribution in [3.05, 3.63) is 0 Å². The molecule has 3 saturated heterocycles. The van der Waals surface area contributed by atoms with Gasteiger partial charge in [-0.05, 0) is 12.8 Å². The van der Waals surface area contributed by atoms with E-state index >= 15 is 0 Å². The third kappa shape index (κ3) is 34.9. The summed E-state index contributed by atoms with van der Waals surface area (Å²) in [5.74, 6) is -0.239. The first-order valence-electron chi connectivity index (χ1n) is 36.8. The number of carbonyl (C=O) groups excluding carboxylic acids is 1. The van der Waals surface area contributed by atoms with Crippen LogP contribution in [0.4, 0.5) is 0 Å². The third-order valence-electron chi connectivity index (χ3n) is 18.9. The number of carbonyl (C=O) groups is 1. The zero-order valence-electron chi connectivity index (χ0n) is 55.9. The summed E-state index contributed by atoms with van der Waals surface area (Å²) in [6.07, 6.45) is 30.8. The Morgan fingerprint density at radius 2 is 0.640 bits per heavy atom. The molecule has 17 atom stereocenters. The number of rotatable bonds is 58. The van der Waals surface area contributed by atoms with E-state index in [1.165, 1.54) is 231 Å². The van der Waals surface area contributed by atoms with E-state index in [2.05, 4.69) is 19.2 Å². The van der Waals surface area contributed by atoms with Crippen LogP contribution in [0, 0.1) is 0 Å². The summed E-state index contributed by atoms with van der Waals surface area (Å²) < 4.78 is 34.4. The molecular formula is C70H135NO18. The molecule has 12 N–H and O–H groups in total. The quantitative estimate of drug-likeness (QED) is 0.0252. The second-order valence-electron chi connectivity index (χ2n) is 26.8. The Hall–Kier alpha value is -1.21. The van der Waals surface area contributed by atoms with Crippen molar-refractivity contribution in [1.29, 1.82) is 0 Å². The Labute approximate surface area is 538 Å². The number of aliphatic hydroxyl groups is 11. The number of nitrogens with one attached hydrogen (secondary N) is 1. The lowest BCUT2D eigenvalue weighted by Crippen LogP contribution is -2.66. The van der Waals surface area contributed by atoms with E-state index in [0.717, 1.165) is 44.9 Å². The van der Waals surface area contributed by atoms with Gasteiger partial charge in [-0.2, -0.15) is 0 Å². The molecule has 19 heteroatoms. The normalized spacial score (nSPS) is 28.1. The van der Waals surface area contributed by atoms with Crippen molar-refractivity contribution in [2.75, 3.05) is 26.4 Å². The molecule has 0 saturated carbocycles. The SMILES string of the molecule is CCCCCCCCCCCCCCCCCCCCCCCCCCCCCCCCCCCC(O)C(COC1OC(CO)C(OC2OC(CO)C(OC3OC(CO)C(O)C(O)C3O)C(O)C2O)C(O)C1O)NC(=O)CCCCCCCCCCCCC. The zero-order chi connectivity index (χ0) is 64.7. The molecule has 3 heterocycles. The highest BCUT2D eigenvalue weighted by atomic mass is 16.8. The molecule has 0 bridgehead atoms. The van der Waals surface area contributed by atoms with Gasteiger partial charge in [-0.3, -0.25) is 4.79 Å². The predicted octanol–water partition coefficient (Wildman–Crippen LogP) is 10.3. The van der Waals surface area contributed by atoms with Crippen LogP contribution in [0.25, 0.3) is 0 Å². The number of unbranched alkanes of at least 4 members (excludes halogenated alkanes) is 42. The minimum absolute atomic E-state index is 0.239. The van der Waals surface area contributed by atoms with Gasteiger partial charge in [0.05, 0.1) is 38.6 Å². The summed E-state index contributed by atoms with van der Waals surface area (Å²) in [5.41, 5.74) is 0. The van der Waals surface area contributed by atoms with Crippen LogP contribution >= 0.6 is 0 Å². The van der Waals surface area contributed by atoms with Crippen LogP contribution in [0.5, 0.6) is 0 Å². The molecule has 3 aliphatic heterocycles. The first kappa shape index (κ1) is 82.0. The monoisotopic (exact) mass is 1280 g/mol. The number of hydrogen-bond donors (Lipinski definition) is 12. The lowest BCUT2D eigenvalue weighted by Gasteiger charge is -2.48. The summed E-state index contributed by atoms with van der Waals surface area (Å²) in [7, 11) is 0. The van der Waals surface area contributed by atoms with E-state index in [-0.39, 0.29) is 18.9 Å². The summed E-state index contributed by atoms with van der Waals surface area (Å²) >= 11 is 0. The van der Waals surface area contributed by atoms with E-state index in [4.69, 9.17) is 28.4 Å². The van der Waals surface area contributed by atoms with Crippen LogP contribution in [-0.2, 0) is 33.2 Å². The van der Waals surface area contributed by atoms with Crippen LogP contribution in [0.1, 0.15) is 309 Å². The van der Waals surface area contributed by atoms with Crippen molar-refractivity contribution in [2.45, 2.75) is 413 Å². The number of amides is 1. The van der Waals surface area contributed by atoms with E-state index in [1.807, 2.05) is 0 Å². The van der Waals surface area contributed by atoms with E-state index in [1.54, 1.807) is 0 Å². The molecule has 17 unspecified atom stereocenters. The molecule has 3 fully saturated rings. The summed E-state index contributed by atoms with van der Waals surface area (Å²) in [6, 6.07) is -0.881. The Kier molecular flexibility index (Phi) is 48.8. The van der Waals surface area contributed by atoms with Crippen LogP contribution < -0.4 is 5.32 Å². The van der Waals surface area contributed by atoms with Gasteiger partial charge >= 0.3 is 0 Å². The molecule has 0 radical (unpaired) electrons. The van der Waals surface area contributed by atoms with Gasteiger partial charge in [-0.25, -0.2) is 0 Å². The smallest absolute Gasteiger partial charge is 0.220 e. The minimum atomic E-state index is -1.97. The van der Waals surface area contributed by atoms with Gasteiger partial charge < -0.3 is 89.9 Å². The Balaban J connectivity index is 1.32. The Bertz CT molecular complexity index is 1620. The molecule has 3 rings (SSSR count). The molecule has 0 aromatic heterocycles. The van der Waals surface area contributed by atoms with E-state index in [9.17, 15) is 61.0 Å². The maximum atomic E-state index is 13.4. The largest absolute Gasteiger partial charge is 0.394 e. The fourth-order valence-electron chi connectivity index (χ4n) is 13.0. The summed E-state index contributed by atoms with van der Waals surface area (Å²) in [6.45, 7) is 1.82. The van der Waals surface area contributed by atoms with Crippen LogP contribution in [0.3, 0.4) is 0 Å². The molecule has 0 aromatic carbocycles. The van der Waals surface area contributed by atoms with Crippen molar-refractivity contribution >= 4 is 5.91 Å². The second kappa shape index (κ2) is 53.0. The van der Waals surface area contributed by atoms with Gasteiger partial charge in [0.1, 0.15) is 73.2 Å². The predicted molar refractivity (Wildman–Crippen MR) is 347 cm³/mol. The third-order valence-corrected chi connectivity index (χ3v) is 18.9. The van der Waals surface area contributed by atoms with Gasteiger partial charge in [-0.15, -0.1) is 0 Å². The molecule has 528 valence electrons. The number of aliphatic hydroxyl groups excluding tert-OH is 11. The van der Waals surface area contributed by atoms with Crippen molar-refractivity contribution in [3.63, 3.8) is 0 Å². The first-order valence-corrected chi connectivity index (χ1v) is 36.8. The van der Waals surface area contributed by atoms with Crippen LogP contribution in [0.15, 0.2) is 0 Å². The van der Waals surface area contributed by atoms with Crippen LogP contribution in [0.2, 0.25) is 0 Å². The number of hydrogen-bond acceptors (Lipinski definition) is 18. The van der Waals surface area contributed by atoms with E-state index in [0.29, 0.717) is 12.8 Å². The molecule has 0 aliphatic carbocycles. The van der Waals surface area contributed by atoms with Crippen LogP contribution in [-0.4, -0.2) is 193 Å². The molecule has 3 aliphatic rings. The highest BCUT2D eigenvalue weighted by Crippen LogP contribution is 2.33. The van der Waals surface area contributed by atoms with Crippen molar-refractivity contribution in [2.24, 2.45) is 0 Å². The fraction of sp³-hybridized carbons (Fsp3) is 0.986. The maximum Gasteiger partial charge on any atom is 0.220 e. The van der Waals surface area contributed by atoms with Crippen molar-refractivity contribution in [3.8, 4) is 0 Å². The molecular weight excluding hydrogens is 1140 g/mol. The standard InChI is InChI=1S/C70H135NO18/c1-3-5-7-9-11-13-15-16-17-18-19-20-21-22-23-24-25-26-27-28-29-30-31-32-33-34-35-36-38-39-41-43-45-47-54(75)53(71-58(76)48-46-44-42-40-37-14-12-10-8-6-4-2)52-84-68-64(82)61(79)66(56(50-73)86-68)89-70-65(83)62(80)67(57(51-74)87-70)88-69-63(81)60(78)59(77)55(49-72)85-69/h53-57,59-70,72-75,77-83H,3-52H2,1-2H3,(H,71,76). The van der Waals surface area contributed by atoms with E-state index < -0.39 is 124 Å². The van der Waals surface area contributed by atoms with Gasteiger partial charge in [0.15, 0.2) is 18.9 Å². The lowest BCUT2D eigenvalue weighted by atomic mass is 9.96. The topological polar surface area (TPSA) is 307 Å². The van der Waals surface area contributed by atoms with Crippen molar-refractivity contribution < 1.29 is 89.4 Å². The Morgan fingerprint density at radius 3 is 0.978 bits per heavy atom. The molecule has 0 aromatic rings. The highest BCUT2D eigenvalue weighted by Gasteiger charge is 2.53. The Morgan fingerprint density at radius 1 is 0.360 bits per heavy atom. The lowest BCUT2D eigenvalue weighted by molar-refractivity contribution is -0.379. The molecule has 19 nitrogen and oxygen atoms in total. The van der Waals surface area contributed by atoms with Crippen molar-refractivity contribution in [1.82, 2.24) is 5.32 Å². The van der Waals surface area contributed by atoms with Gasteiger partial charge in [0.2, 0.25) is 5.91 Å². The second-order valence-corrected chi connectivity index (χ2v) is 26.8.